The van der Waals surface area contributed by atoms with Crippen LogP contribution in [0.1, 0.15) is 49.1 Å². The van der Waals surface area contributed by atoms with E-state index < -0.39 is 12.0 Å². The number of esters is 1. The predicted octanol–water partition coefficient (Wildman–Crippen LogP) is 5.66. The first-order valence-corrected chi connectivity index (χ1v) is 16.4. The molecule has 0 unspecified atom stereocenters. The molecule has 5 rings (SSSR count). The number of fused-ring (bicyclic) bond motifs is 1. The Bertz CT molecular complexity index is 2030. The van der Waals surface area contributed by atoms with E-state index in [9.17, 15) is 14.0 Å². The van der Waals surface area contributed by atoms with Crippen molar-refractivity contribution in [2.75, 3.05) is 26.9 Å². The third-order valence-electron chi connectivity index (χ3n) is 7.40. The molecule has 0 spiro atoms. The number of hydrogen-bond donors (Lipinski definition) is 0. The molecule has 0 saturated carbocycles. The van der Waals surface area contributed by atoms with Crippen molar-refractivity contribution >= 4 is 23.4 Å². The highest BCUT2D eigenvalue weighted by Gasteiger charge is 2.31. The molecule has 0 fully saturated rings. The first-order chi connectivity index (χ1) is 23.3. The van der Waals surface area contributed by atoms with E-state index in [2.05, 4.69) is 11.6 Å². The number of thiazole rings is 1. The number of nitrogens with zero attached hydrogens (tertiary/aromatic N) is 2. The van der Waals surface area contributed by atoms with Crippen LogP contribution < -0.4 is 33.8 Å². The quantitative estimate of drug-likeness (QED) is 0.126. The summed E-state index contributed by atoms with van der Waals surface area (Å²) in [6, 6.07) is 14.4. The number of ether oxygens (including phenoxy) is 5. The number of halogens is 1. The molecule has 0 N–H and O–H groups in total. The van der Waals surface area contributed by atoms with E-state index in [1.54, 1.807) is 48.6 Å². The molecule has 48 heavy (non-hydrogen) atoms. The van der Waals surface area contributed by atoms with Gasteiger partial charge in [0.1, 0.15) is 12.4 Å². The summed E-state index contributed by atoms with van der Waals surface area (Å²) in [5.41, 5.74) is 2.66. The highest BCUT2D eigenvalue weighted by Crippen LogP contribution is 2.36. The van der Waals surface area contributed by atoms with Crippen molar-refractivity contribution in [2.24, 2.45) is 4.99 Å². The van der Waals surface area contributed by atoms with Gasteiger partial charge in [0.25, 0.3) is 5.56 Å². The molecule has 1 atom stereocenters. The monoisotopic (exact) mass is 672 g/mol. The van der Waals surface area contributed by atoms with Gasteiger partial charge in [-0.05, 0) is 86.4 Å². The predicted molar refractivity (Wildman–Crippen MR) is 182 cm³/mol. The van der Waals surface area contributed by atoms with Crippen molar-refractivity contribution < 1.29 is 32.9 Å². The van der Waals surface area contributed by atoms with Crippen LogP contribution in [-0.4, -0.2) is 37.5 Å². The Kier molecular flexibility index (Phi) is 11.1. The fourth-order valence-electron chi connectivity index (χ4n) is 5.42. The van der Waals surface area contributed by atoms with Crippen molar-refractivity contribution in [3.05, 3.63) is 127 Å². The smallest absolute Gasteiger partial charge is 0.337 e. The lowest BCUT2D eigenvalue weighted by Crippen LogP contribution is -2.39. The molecule has 0 saturated heterocycles. The topological polar surface area (TPSA) is 97.6 Å². The minimum Gasteiger partial charge on any atom is -0.490 e. The fourth-order valence-corrected chi connectivity index (χ4v) is 6.39. The maximum atomic E-state index is 14.2. The maximum absolute atomic E-state index is 14.2. The minimum absolute atomic E-state index is 0.138. The Balaban J connectivity index is 1.61. The molecule has 0 aliphatic carbocycles. The Morgan fingerprint density at radius 1 is 0.979 bits per heavy atom. The molecular weight excluding hydrogens is 635 g/mol. The van der Waals surface area contributed by atoms with Crippen LogP contribution in [0.3, 0.4) is 0 Å². The van der Waals surface area contributed by atoms with E-state index in [1.165, 1.54) is 41.3 Å². The average molecular weight is 673 g/mol. The van der Waals surface area contributed by atoms with Crippen LogP contribution in [0, 0.1) is 5.82 Å². The van der Waals surface area contributed by atoms with Gasteiger partial charge in [0.05, 0.1) is 43.1 Å². The van der Waals surface area contributed by atoms with Gasteiger partial charge in [-0.3, -0.25) is 9.36 Å². The number of hydrogen-bond acceptors (Lipinski definition) is 9. The number of aromatic nitrogens is 1. The van der Waals surface area contributed by atoms with Gasteiger partial charge in [0.15, 0.2) is 27.8 Å². The van der Waals surface area contributed by atoms with Gasteiger partial charge in [0.2, 0.25) is 0 Å². The van der Waals surface area contributed by atoms with Crippen LogP contribution in [0.15, 0.2) is 88.8 Å². The van der Waals surface area contributed by atoms with Crippen LogP contribution in [0.5, 0.6) is 23.0 Å². The highest BCUT2D eigenvalue weighted by molar-refractivity contribution is 7.07. The van der Waals surface area contributed by atoms with Crippen molar-refractivity contribution in [1.82, 2.24) is 4.57 Å². The zero-order valence-corrected chi connectivity index (χ0v) is 28.1. The summed E-state index contributed by atoms with van der Waals surface area (Å²) >= 11 is 1.20. The molecule has 2 heterocycles. The zero-order chi connectivity index (χ0) is 34.2. The Hall–Kier alpha value is -5.16. The van der Waals surface area contributed by atoms with Crippen LogP contribution in [0.25, 0.3) is 6.08 Å². The number of allylic oxidation sites excluding steroid dienone is 1. The summed E-state index contributed by atoms with van der Waals surface area (Å²) in [6.45, 7) is 10.9. The van der Waals surface area contributed by atoms with Crippen LogP contribution >= 0.6 is 11.3 Å². The van der Waals surface area contributed by atoms with E-state index in [-0.39, 0.29) is 23.6 Å². The summed E-state index contributed by atoms with van der Waals surface area (Å²) in [4.78, 5) is 32.0. The summed E-state index contributed by atoms with van der Waals surface area (Å²) in [5.74, 6) is 1.11. The Morgan fingerprint density at radius 2 is 1.73 bits per heavy atom. The molecule has 1 aliphatic heterocycles. The summed E-state index contributed by atoms with van der Waals surface area (Å²) in [7, 11) is 1.29. The van der Waals surface area contributed by atoms with Gasteiger partial charge in [-0.1, -0.05) is 35.6 Å². The SMILES string of the molecule is C=CCc1cc(/C=c2\sc3n(c2=O)[C@@H](c2ccc(OCC)c(OCC)c2)C(C(=O)OC)=CN=3)cc(OCC)c1OCc1cccc(F)c1. The standard InChI is InChI=1S/C37H37FN2O7S/c1-6-11-26-16-24(18-31(46-9-4)34(26)47-22-23-12-10-13-27(38)17-23)19-32-35(41)40-33(28(36(42)43-5)21-39-37(40)48-32)25-14-15-29(44-7-2)30(20-25)45-8-3/h6,10,12-21,33H,1,7-9,11,22H2,2-5H3/b32-19-/t33-/m0/s1. The molecule has 0 bridgehead atoms. The number of benzene rings is 3. The van der Waals surface area contributed by atoms with Gasteiger partial charge in [-0.15, -0.1) is 6.58 Å². The van der Waals surface area contributed by atoms with E-state index in [4.69, 9.17) is 23.7 Å². The molecule has 1 aliphatic rings. The van der Waals surface area contributed by atoms with Crippen LogP contribution in [0.4, 0.5) is 4.39 Å². The summed E-state index contributed by atoms with van der Waals surface area (Å²) < 4.78 is 44.5. The van der Waals surface area contributed by atoms with Gasteiger partial charge < -0.3 is 23.7 Å². The summed E-state index contributed by atoms with van der Waals surface area (Å²) in [5, 5.41) is 0. The molecule has 250 valence electrons. The number of carbonyl (C=O) groups excluding carboxylic acids is 1. The van der Waals surface area contributed by atoms with Crippen LogP contribution in [-0.2, 0) is 22.6 Å². The lowest BCUT2D eigenvalue weighted by molar-refractivity contribution is -0.136. The molecule has 9 nitrogen and oxygen atoms in total. The van der Waals surface area contributed by atoms with E-state index in [0.29, 0.717) is 75.3 Å². The van der Waals surface area contributed by atoms with Gasteiger partial charge in [0, 0.05) is 11.8 Å². The van der Waals surface area contributed by atoms with Crippen LogP contribution in [0.2, 0.25) is 0 Å². The third kappa shape index (κ3) is 7.36. The number of carbonyl (C=O) groups is 1. The second kappa shape index (κ2) is 15.6. The van der Waals surface area contributed by atoms with Crippen molar-refractivity contribution in [3.63, 3.8) is 0 Å². The second-order valence-electron chi connectivity index (χ2n) is 10.6. The van der Waals surface area contributed by atoms with Crippen molar-refractivity contribution in [2.45, 2.75) is 39.8 Å². The molecule has 0 radical (unpaired) electrons. The van der Waals surface area contributed by atoms with Crippen molar-refractivity contribution in [1.29, 1.82) is 0 Å². The molecule has 3 aromatic carbocycles. The lowest BCUT2D eigenvalue weighted by Gasteiger charge is -2.23. The minimum atomic E-state index is -0.820. The number of rotatable bonds is 14. The first kappa shape index (κ1) is 34.2. The van der Waals surface area contributed by atoms with E-state index in [1.807, 2.05) is 26.8 Å². The number of methoxy groups -OCH3 is 1. The molecule has 0 amide bonds. The fraction of sp³-hybridized carbons (Fsp3) is 0.270. The maximum Gasteiger partial charge on any atom is 0.337 e. The normalized spacial score (nSPS) is 14.0. The average Bonchev–Trinajstić information content (AvgIpc) is 3.39. The highest BCUT2D eigenvalue weighted by atomic mass is 32.1. The summed E-state index contributed by atoms with van der Waals surface area (Å²) in [6.07, 6.45) is 5.42. The lowest BCUT2D eigenvalue weighted by atomic mass is 9.97. The van der Waals surface area contributed by atoms with Gasteiger partial charge in [-0.25, -0.2) is 14.2 Å². The van der Waals surface area contributed by atoms with Gasteiger partial charge in [-0.2, -0.15) is 0 Å². The third-order valence-corrected chi connectivity index (χ3v) is 8.39. The Morgan fingerprint density at radius 3 is 2.44 bits per heavy atom. The van der Waals surface area contributed by atoms with Crippen molar-refractivity contribution in [3.8, 4) is 23.0 Å². The van der Waals surface area contributed by atoms with Gasteiger partial charge >= 0.3 is 5.97 Å². The van der Waals surface area contributed by atoms with E-state index in [0.717, 1.165) is 5.56 Å². The Labute approximate surface area is 281 Å². The molecule has 4 aromatic rings. The second-order valence-corrected chi connectivity index (χ2v) is 11.6. The molecule has 11 heteroatoms. The largest absolute Gasteiger partial charge is 0.490 e. The molecule has 1 aromatic heterocycles. The first-order valence-electron chi connectivity index (χ1n) is 15.6. The van der Waals surface area contributed by atoms with E-state index >= 15 is 0 Å². The molecular formula is C37H37FN2O7S. The zero-order valence-electron chi connectivity index (χ0n) is 27.3.